The van der Waals surface area contributed by atoms with E-state index in [2.05, 4.69) is 29.2 Å². The Hall–Kier alpha value is -5.59. The maximum Gasteiger partial charge on any atom is 0.282 e. The van der Waals surface area contributed by atoms with E-state index in [1.165, 1.54) is 0 Å². The second-order valence-electron chi connectivity index (χ2n) is 15.7. The Kier molecular flexibility index (Phi) is 12.5. The Morgan fingerprint density at radius 2 is 1.41 bits per heavy atom. The lowest BCUT2D eigenvalue weighted by molar-refractivity contribution is -0.168. The Balaban J connectivity index is 1.30. The maximum atomic E-state index is 14.3. The van der Waals surface area contributed by atoms with Crippen LogP contribution in [0.25, 0.3) is 22.5 Å². The second-order valence-corrected chi connectivity index (χ2v) is 15.7. The smallest absolute Gasteiger partial charge is 0.282 e. The molecule has 0 spiro atoms. The van der Waals surface area contributed by atoms with Crippen LogP contribution in [0.5, 0.6) is 11.5 Å². The van der Waals surface area contributed by atoms with Crippen LogP contribution in [-0.2, 0) is 29.3 Å². The zero-order chi connectivity index (χ0) is 40.8. The summed E-state index contributed by atoms with van der Waals surface area (Å²) < 4.78 is 52.3. The number of morpholine rings is 1. The van der Waals surface area contributed by atoms with Gasteiger partial charge in [-0.25, -0.2) is 8.78 Å². The summed E-state index contributed by atoms with van der Waals surface area (Å²) in [5, 5.41) is 7.16. The summed E-state index contributed by atoms with van der Waals surface area (Å²) in [5.74, 6) is -3.16. The molecule has 4 aromatic carbocycles. The Morgan fingerprint density at radius 3 is 1.98 bits per heavy atom. The number of nitrogens with zero attached hydrogens (tertiary/aromatic N) is 3. The maximum absolute atomic E-state index is 14.3. The van der Waals surface area contributed by atoms with Crippen molar-refractivity contribution in [2.24, 2.45) is 5.92 Å². The molecular weight excluding hydrogens is 743 g/mol. The topological polar surface area (TPSA) is 106 Å². The van der Waals surface area contributed by atoms with Crippen molar-refractivity contribution in [3.05, 3.63) is 125 Å². The third-order valence-corrected chi connectivity index (χ3v) is 10.5. The van der Waals surface area contributed by atoms with Crippen molar-refractivity contribution in [3.8, 4) is 33.9 Å². The number of carbonyl (C=O) groups is 2. The number of hydrogen-bond donors (Lipinski definition) is 1. The van der Waals surface area contributed by atoms with E-state index in [0.29, 0.717) is 53.8 Å². The van der Waals surface area contributed by atoms with Crippen LogP contribution in [0, 0.1) is 5.92 Å². The van der Waals surface area contributed by atoms with Crippen LogP contribution in [0.3, 0.4) is 0 Å². The summed E-state index contributed by atoms with van der Waals surface area (Å²) in [4.78, 5) is 31.1. The number of aromatic nitrogens is 1. The Labute approximate surface area is 338 Å². The van der Waals surface area contributed by atoms with Crippen molar-refractivity contribution in [3.63, 3.8) is 0 Å². The highest BCUT2D eigenvalue weighted by Crippen LogP contribution is 2.44. The molecule has 2 aliphatic rings. The van der Waals surface area contributed by atoms with Crippen LogP contribution in [0.2, 0.25) is 0 Å². The lowest BCUT2D eigenvalue weighted by Crippen LogP contribution is -2.63. The highest BCUT2D eigenvalue weighted by Gasteiger charge is 2.48. The van der Waals surface area contributed by atoms with Gasteiger partial charge in [0.25, 0.3) is 11.8 Å². The van der Waals surface area contributed by atoms with Gasteiger partial charge in [-0.3, -0.25) is 14.5 Å². The molecule has 7 rings (SSSR count). The van der Waals surface area contributed by atoms with E-state index in [1.807, 2.05) is 97.1 Å². The molecule has 10 nitrogen and oxygen atoms in total. The zero-order valence-electron chi connectivity index (χ0n) is 33.4. The fourth-order valence-electron chi connectivity index (χ4n) is 7.20. The molecule has 2 amide bonds. The number of amides is 2. The van der Waals surface area contributed by atoms with Crippen molar-refractivity contribution in [1.29, 1.82) is 0 Å². The average Bonchev–Trinajstić information content (AvgIpc) is 3.66. The van der Waals surface area contributed by atoms with Crippen molar-refractivity contribution < 1.29 is 37.1 Å². The number of benzene rings is 4. The lowest BCUT2D eigenvalue weighted by Gasteiger charge is -2.41. The van der Waals surface area contributed by atoms with Crippen LogP contribution < -0.4 is 14.8 Å². The Bertz CT molecular complexity index is 2160. The standard InChI is InChI=1S/C46H50F2N4O6/c1-30(2)36-23-37(39(57-27-34-13-9-6-10-14-34)24-38(36)56-26-33-11-7-5-8-12-33)43-40(35-17-15-32(16-18-35)25-51-19-21-55-22-20-51)42(50-58-43)44(53)49-41(31(3)4)45(54)52-28-46(47,48)29-52/h5-18,23-24,30-31,41H,19-22,25-29H2,1-4H3,(H,49,53)/t41-/m1/s1. The van der Waals surface area contributed by atoms with Gasteiger partial charge in [0.05, 0.1) is 37.4 Å². The fourth-order valence-corrected chi connectivity index (χ4v) is 7.20. The summed E-state index contributed by atoms with van der Waals surface area (Å²) in [5.41, 5.74) is 5.51. The summed E-state index contributed by atoms with van der Waals surface area (Å²) in [6, 6.07) is 30.4. The molecule has 0 radical (unpaired) electrons. The van der Waals surface area contributed by atoms with E-state index in [-0.39, 0.29) is 18.2 Å². The quantitative estimate of drug-likeness (QED) is 0.113. The van der Waals surface area contributed by atoms with Gasteiger partial charge in [0.15, 0.2) is 11.5 Å². The first-order chi connectivity index (χ1) is 28.0. The summed E-state index contributed by atoms with van der Waals surface area (Å²) in [6.45, 7) is 10.7. The van der Waals surface area contributed by atoms with E-state index in [9.17, 15) is 18.4 Å². The minimum absolute atomic E-state index is 0.0213. The number of halogens is 2. The van der Waals surface area contributed by atoms with Crippen LogP contribution >= 0.6 is 0 Å². The van der Waals surface area contributed by atoms with Crippen LogP contribution in [0.4, 0.5) is 8.78 Å². The first-order valence-electron chi connectivity index (χ1n) is 19.8. The minimum atomic E-state index is -2.94. The van der Waals surface area contributed by atoms with E-state index in [0.717, 1.165) is 46.8 Å². The van der Waals surface area contributed by atoms with Crippen molar-refractivity contribution in [2.45, 2.75) is 65.3 Å². The molecule has 2 aliphatic heterocycles. The third-order valence-electron chi connectivity index (χ3n) is 10.5. The van der Waals surface area contributed by atoms with Crippen molar-refractivity contribution >= 4 is 11.8 Å². The number of ether oxygens (including phenoxy) is 3. The van der Waals surface area contributed by atoms with E-state index < -0.39 is 42.8 Å². The Morgan fingerprint density at radius 1 is 0.810 bits per heavy atom. The first-order valence-corrected chi connectivity index (χ1v) is 19.8. The van der Waals surface area contributed by atoms with Crippen molar-refractivity contribution in [1.82, 2.24) is 20.3 Å². The summed E-state index contributed by atoms with van der Waals surface area (Å²) in [6.07, 6.45) is 0. The highest BCUT2D eigenvalue weighted by molar-refractivity contribution is 6.04. The molecule has 1 N–H and O–H groups in total. The van der Waals surface area contributed by atoms with E-state index in [4.69, 9.17) is 18.7 Å². The van der Waals surface area contributed by atoms with Crippen LogP contribution in [0.15, 0.2) is 102 Å². The van der Waals surface area contributed by atoms with Gasteiger partial charge in [0.2, 0.25) is 5.91 Å². The molecule has 12 heteroatoms. The number of rotatable bonds is 15. The lowest BCUT2D eigenvalue weighted by atomic mass is 9.93. The number of alkyl halides is 2. The van der Waals surface area contributed by atoms with E-state index >= 15 is 0 Å². The monoisotopic (exact) mass is 792 g/mol. The molecular formula is C46H50F2N4O6. The van der Waals surface area contributed by atoms with Gasteiger partial charge in [0.1, 0.15) is 30.8 Å². The van der Waals surface area contributed by atoms with Crippen LogP contribution in [-0.4, -0.2) is 78.1 Å². The molecule has 1 atom stereocenters. The largest absolute Gasteiger partial charge is 0.488 e. The van der Waals surface area contributed by atoms with Gasteiger partial charge in [0, 0.05) is 25.7 Å². The molecule has 2 fully saturated rings. The molecule has 58 heavy (non-hydrogen) atoms. The summed E-state index contributed by atoms with van der Waals surface area (Å²) in [7, 11) is 0. The first kappa shape index (κ1) is 40.6. The van der Waals surface area contributed by atoms with Gasteiger partial charge in [-0.05, 0) is 45.7 Å². The molecule has 5 aromatic rings. The van der Waals surface area contributed by atoms with Gasteiger partial charge in [-0.15, -0.1) is 0 Å². The van der Waals surface area contributed by atoms with Crippen molar-refractivity contribution in [2.75, 3.05) is 39.4 Å². The van der Waals surface area contributed by atoms with Gasteiger partial charge >= 0.3 is 0 Å². The molecule has 0 unspecified atom stereocenters. The molecule has 0 bridgehead atoms. The number of carbonyl (C=O) groups excluding carboxylic acids is 2. The zero-order valence-corrected chi connectivity index (χ0v) is 33.4. The molecule has 1 aromatic heterocycles. The predicted molar refractivity (Wildman–Crippen MR) is 217 cm³/mol. The fraction of sp³-hybridized carbons (Fsp3) is 0.370. The number of nitrogens with one attached hydrogen (secondary N) is 1. The van der Waals surface area contributed by atoms with Gasteiger partial charge in [-0.2, -0.15) is 0 Å². The van der Waals surface area contributed by atoms with Gasteiger partial charge < -0.3 is 29.0 Å². The van der Waals surface area contributed by atoms with Gasteiger partial charge in [-0.1, -0.05) is 118 Å². The molecule has 0 saturated carbocycles. The molecule has 2 saturated heterocycles. The normalized spacial score (nSPS) is 15.9. The highest BCUT2D eigenvalue weighted by atomic mass is 19.3. The number of hydrogen-bond acceptors (Lipinski definition) is 8. The molecule has 3 heterocycles. The second kappa shape index (κ2) is 17.9. The molecule has 304 valence electrons. The SMILES string of the molecule is CC(C)c1cc(-c2onc(C(=O)N[C@@H](C(=O)N3CC(F)(F)C3)C(C)C)c2-c2ccc(CN3CCOCC3)cc2)c(OCc2ccccc2)cc1OCc1ccccc1. The number of likely N-dealkylation sites (tertiary alicyclic amines) is 1. The molecule has 0 aliphatic carbocycles. The predicted octanol–water partition coefficient (Wildman–Crippen LogP) is 8.35. The van der Waals surface area contributed by atoms with E-state index in [1.54, 1.807) is 13.8 Å². The third kappa shape index (κ3) is 9.57. The minimum Gasteiger partial charge on any atom is -0.488 e. The average molecular weight is 793 g/mol. The van der Waals surface area contributed by atoms with Crippen LogP contribution in [0.1, 0.15) is 66.4 Å². The summed E-state index contributed by atoms with van der Waals surface area (Å²) >= 11 is 0.